The van der Waals surface area contributed by atoms with Crippen LogP contribution in [-0.2, 0) is 13.1 Å². The summed E-state index contributed by atoms with van der Waals surface area (Å²) in [6.07, 6.45) is 5.62. The normalized spacial score (nSPS) is 11.2. The van der Waals surface area contributed by atoms with Crippen molar-refractivity contribution in [2.75, 3.05) is 13.6 Å². The molecule has 0 spiro atoms. The van der Waals surface area contributed by atoms with Gasteiger partial charge in [-0.25, -0.2) is 4.98 Å². The van der Waals surface area contributed by atoms with Gasteiger partial charge in [0, 0.05) is 45.0 Å². The maximum atomic E-state index is 4.43. The third-order valence-corrected chi connectivity index (χ3v) is 5.48. The van der Waals surface area contributed by atoms with E-state index in [4.69, 9.17) is 0 Å². The van der Waals surface area contributed by atoms with E-state index in [1.807, 2.05) is 19.6 Å². The molecule has 6 heteroatoms. The molecule has 4 rings (SSSR count). The molecule has 0 atom stereocenters. The van der Waals surface area contributed by atoms with Gasteiger partial charge in [0.2, 0.25) is 0 Å². The molecule has 0 unspecified atom stereocenters. The van der Waals surface area contributed by atoms with Crippen LogP contribution >= 0.6 is 24.0 Å². The first-order valence-corrected chi connectivity index (χ1v) is 10.9. The predicted molar refractivity (Wildman–Crippen MR) is 146 cm³/mol. The molecule has 0 radical (unpaired) electrons. The Morgan fingerprint density at radius 3 is 2.15 bits per heavy atom. The zero-order chi connectivity index (χ0) is 22.0. The van der Waals surface area contributed by atoms with Crippen LogP contribution in [0.3, 0.4) is 0 Å². The molecule has 0 fully saturated rings. The molecule has 1 aromatic heterocycles. The largest absolute Gasteiger partial charge is 0.355 e. The molecular formula is C27H30IN5. The minimum atomic E-state index is 0. The van der Waals surface area contributed by atoms with Gasteiger partial charge >= 0.3 is 0 Å². The molecule has 4 aromatic rings. The molecular weight excluding hydrogens is 521 g/mol. The van der Waals surface area contributed by atoms with Gasteiger partial charge in [0.05, 0.1) is 6.33 Å². The fourth-order valence-electron chi connectivity index (χ4n) is 3.83. The summed E-state index contributed by atoms with van der Waals surface area (Å²) in [6.45, 7) is 2.28. The number of aliphatic imine (C=N–C) groups is 1. The summed E-state index contributed by atoms with van der Waals surface area (Å²) < 4.78 is 2.07. The third kappa shape index (κ3) is 7.18. The van der Waals surface area contributed by atoms with Crippen LogP contribution < -0.4 is 10.6 Å². The molecule has 3 aromatic carbocycles. The van der Waals surface area contributed by atoms with E-state index in [1.54, 1.807) is 6.20 Å². The van der Waals surface area contributed by atoms with Crippen molar-refractivity contribution in [3.8, 4) is 0 Å². The smallest absolute Gasteiger partial charge is 0.191 e. The highest BCUT2D eigenvalue weighted by molar-refractivity contribution is 14.0. The number of halogens is 1. The average molecular weight is 551 g/mol. The van der Waals surface area contributed by atoms with Crippen LogP contribution in [0.5, 0.6) is 0 Å². The van der Waals surface area contributed by atoms with Gasteiger partial charge in [0.25, 0.3) is 0 Å². The second-order valence-corrected chi connectivity index (χ2v) is 7.74. The van der Waals surface area contributed by atoms with Crippen LogP contribution in [-0.4, -0.2) is 29.1 Å². The Labute approximate surface area is 213 Å². The maximum Gasteiger partial charge on any atom is 0.191 e. The minimum Gasteiger partial charge on any atom is -0.355 e. The van der Waals surface area contributed by atoms with Crippen molar-refractivity contribution >= 4 is 29.9 Å². The highest BCUT2D eigenvalue weighted by Gasteiger charge is 2.14. The molecule has 33 heavy (non-hydrogen) atoms. The highest BCUT2D eigenvalue weighted by Crippen LogP contribution is 2.23. The molecule has 0 aliphatic heterocycles. The maximum absolute atomic E-state index is 4.43. The lowest BCUT2D eigenvalue weighted by atomic mass is 9.91. The Morgan fingerprint density at radius 1 is 0.879 bits per heavy atom. The predicted octanol–water partition coefficient (Wildman–Crippen LogP) is 5.05. The van der Waals surface area contributed by atoms with Crippen LogP contribution in [0.25, 0.3) is 0 Å². The molecule has 1 heterocycles. The topological polar surface area (TPSA) is 54.2 Å². The summed E-state index contributed by atoms with van der Waals surface area (Å²) in [5, 5.41) is 6.96. The lowest BCUT2D eigenvalue weighted by Crippen LogP contribution is -2.39. The van der Waals surface area contributed by atoms with Gasteiger partial charge in [-0.2, -0.15) is 0 Å². The van der Waals surface area contributed by atoms with Gasteiger partial charge < -0.3 is 15.2 Å². The second-order valence-electron chi connectivity index (χ2n) is 7.74. The van der Waals surface area contributed by atoms with Crippen molar-refractivity contribution in [1.82, 2.24) is 20.2 Å². The van der Waals surface area contributed by atoms with Gasteiger partial charge in [0.1, 0.15) is 0 Å². The van der Waals surface area contributed by atoms with Crippen molar-refractivity contribution < 1.29 is 0 Å². The fourth-order valence-corrected chi connectivity index (χ4v) is 3.83. The zero-order valence-corrected chi connectivity index (χ0v) is 21.1. The van der Waals surface area contributed by atoms with E-state index < -0.39 is 0 Å². The Hall–Kier alpha value is -3.13. The number of rotatable bonds is 8. The summed E-state index contributed by atoms with van der Waals surface area (Å²) in [6, 6.07) is 29.8. The van der Waals surface area contributed by atoms with E-state index in [0.717, 1.165) is 19.0 Å². The zero-order valence-electron chi connectivity index (χ0n) is 18.8. The first-order valence-electron chi connectivity index (χ1n) is 10.9. The van der Waals surface area contributed by atoms with Crippen LogP contribution in [0, 0.1) is 0 Å². The summed E-state index contributed by atoms with van der Waals surface area (Å²) >= 11 is 0. The molecule has 0 aliphatic carbocycles. The van der Waals surface area contributed by atoms with Gasteiger partial charge in [-0.05, 0) is 22.3 Å². The first-order chi connectivity index (χ1) is 15.8. The van der Waals surface area contributed by atoms with Gasteiger partial charge in [-0.3, -0.25) is 4.99 Å². The van der Waals surface area contributed by atoms with Gasteiger partial charge in [-0.15, -0.1) is 24.0 Å². The Bertz CT molecular complexity index is 1070. The molecule has 0 aliphatic rings. The molecule has 0 bridgehead atoms. The molecule has 170 valence electrons. The number of aromatic nitrogens is 2. The van der Waals surface area contributed by atoms with E-state index >= 15 is 0 Å². The number of hydrogen-bond donors (Lipinski definition) is 2. The standard InChI is InChI=1S/C27H29N5.HI/c1-28-27(30-18-22-9-8-10-23(17-22)20-32-16-15-29-21-32)31-19-26(24-11-4-2-5-12-24)25-13-6-3-7-14-25;/h2-17,21,26H,18-20H2,1H3,(H2,28,30,31);1H. The molecule has 5 nitrogen and oxygen atoms in total. The minimum absolute atomic E-state index is 0. The van der Waals surface area contributed by atoms with Crippen LogP contribution in [0.1, 0.15) is 28.2 Å². The molecule has 0 amide bonds. The van der Waals surface area contributed by atoms with Gasteiger partial charge in [0.15, 0.2) is 5.96 Å². The summed E-state index contributed by atoms with van der Waals surface area (Å²) in [5.74, 6) is 1.04. The van der Waals surface area contributed by atoms with Gasteiger partial charge in [-0.1, -0.05) is 84.9 Å². The van der Waals surface area contributed by atoms with Crippen LogP contribution in [0.2, 0.25) is 0 Å². The lowest BCUT2D eigenvalue weighted by molar-refractivity contribution is 0.727. The van der Waals surface area contributed by atoms with Crippen molar-refractivity contribution in [2.45, 2.75) is 19.0 Å². The average Bonchev–Trinajstić information content (AvgIpc) is 3.36. The SMILES string of the molecule is CN=C(NCc1cccc(Cn2ccnc2)c1)NCC(c1ccccc1)c1ccccc1.I. The number of nitrogens with zero attached hydrogens (tertiary/aromatic N) is 3. The Kier molecular flexibility index (Phi) is 9.50. The highest BCUT2D eigenvalue weighted by atomic mass is 127. The van der Waals surface area contributed by atoms with Crippen molar-refractivity contribution in [3.05, 3.63) is 126 Å². The molecule has 2 N–H and O–H groups in total. The van der Waals surface area contributed by atoms with E-state index in [-0.39, 0.29) is 29.9 Å². The Balaban J connectivity index is 0.00000306. The van der Waals surface area contributed by atoms with E-state index in [1.165, 1.54) is 22.3 Å². The number of nitrogens with one attached hydrogen (secondary N) is 2. The Morgan fingerprint density at radius 2 is 1.55 bits per heavy atom. The molecule has 0 saturated heterocycles. The van der Waals surface area contributed by atoms with Crippen LogP contribution in [0.15, 0.2) is 109 Å². The fraction of sp³-hybridized carbons (Fsp3) is 0.185. The third-order valence-electron chi connectivity index (χ3n) is 5.48. The second kappa shape index (κ2) is 12.8. The number of guanidine groups is 1. The number of imidazole rings is 1. The number of benzene rings is 3. The van der Waals surface area contributed by atoms with Crippen molar-refractivity contribution in [1.29, 1.82) is 0 Å². The quantitative estimate of drug-likeness (QED) is 0.183. The summed E-state index contributed by atoms with van der Waals surface area (Å²) in [5.41, 5.74) is 5.04. The van der Waals surface area contributed by atoms with Crippen molar-refractivity contribution in [3.63, 3.8) is 0 Å². The van der Waals surface area contributed by atoms with Crippen LogP contribution in [0.4, 0.5) is 0 Å². The number of hydrogen-bond acceptors (Lipinski definition) is 2. The van der Waals surface area contributed by atoms with E-state index in [0.29, 0.717) is 6.54 Å². The van der Waals surface area contributed by atoms with Crippen molar-refractivity contribution in [2.24, 2.45) is 4.99 Å². The summed E-state index contributed by atoms with van der Waals surface area (Å²) in [7, 11) is 1.81. The molecule has 0 saturated carbocycles. The van der Waals surface area contributed by atoms with E-state index in [9.17, 15) is 0 Å². The van der Waals surface area contributed by atoms with E-state index in [2.05, 4.69) is 110 Å². The summed E-state index contributed by atoms with van der Waals surface area (Å²) in [4.78, 5) is 8.54. The first kappa shape index (κ1) is 24.5. The lowest BCUT2D eigenvalue weighted by Gasteiger charge is -2.20. The monoisotopic (exact) mass is 551 g/mol.